The maximum Gasteiger partial charge on any atom is 0.259 e. The number of carbonyl (C=O) groups excluding carboxylic acids is 1. The third kappa shape index (κ3) is 3.03. The predicted molar refractivity (Wildman–Crippen MR) is 117 cm³/mol. The van der Waals surface area contributed by atoms with Gasteiger partial charge in [0.1, 0.15) is 5.54 Å². The fourth-order valence-electron chi connectivity index (χ4n) is 4.23. The molecule has 1 aromatic carbocycles. The van der Waals surface area contributed by atoms with Crippen molar-refractivity contribution in [3.63, 3.8) is 0 Å². The van der Waals surface area contributed by atoms with Gasteiger partial charge in [-0.15, -0.1) is 11.3 Å². The monoisotopic (exact) mass is 472 g/mol. The Morgan fingerprint density at radius 1 is 1.28 bits per heavy atom. The number of carbonyl (C=O) groups is 1. The zero-order valence-corrected chi connectivity index (χ0v) is 18.4. The van der Waals surface area contributed by atoms with Crippen LogP contribution in [0.15, 0.2) is 36.5 Å². The number of hydrogen-bond donors (Lipinski definition) is 1. The third-order valence-electron chi connectivity index (χ3n) is 6.02. The first kappa shape index (κ1) is 20.0. The van der Waals surface area contributed by atoms with Crippen molar-refractivity contribution >= 4 is 34.8 Å². The average molecular weight is 473 g/mol. The molecular formula is C22H18ClFN4O3S. The van der Waals surface area contributed by atoms with Crippen LogP contribution in [0.4, 0.5) is 10.3 Å². The first-order valence-electron chi connectivity index (χ1n) is 10.2. The van der Waals surface area contributed by atoms with E-state index in [9.17, 15) is 4.79 Å². The van der Waals surface area contributed by atoms with Crippen LogP contribution in [-0.2, 0) is 21.6 Å². The predicted octanol–water partition coefficient (Wildman–Crippen LogP) is 3.69. The lowest BCUT2D eigenvalue weighted by molar-refractivity contribution is -0.126. The van der Waals surface area contributed by atoms with Crippen molar-refractivity contribution in [2.24, 2.45) is 0 Å². The largest absolute Gasteiger partial charge is 0.377 e. The van der Waals surface area contributed by atoms with E-state index >= 15 is 4.39 Å². The lowest BCUT2D eigenvalue weighted by Gasteiger charge is -2.45. The van der Waals surface area contributed by atoms with Gasteiger partial charge >= 0.3 is 0 Å². The number of thiophene rings is 1. The molecule has 6 rings (SSSR count). The van der Waals surface area contributed by atoms with Gasteiger partial charge < -0.3 is 19.7 Å². The van der Waals surface area contributed by atoms with Crippen molar-refractivity contribution in [3.8, 4) is 10.6 Å². The number of nitrogens with zero attached hydrogens (tertiary/aromatic N) is 3. The molecule has 2 aromatic heterocycles. The van der Waals surface area contributed by atoms with Gasteiger partial charge in [-0.3, -0.25) is 4.79 Å². The van der Waals surface area contributed by atoms with Crippen LogP contribution in [0.1, 0.15) is 20.8 Å². The van der Waals surface area contributed by atoms with Crippen molar-refractivity contribution in [1.29, 1.82) is 0 Å². The van der Waals surface area contributed by atoms with Crippen LogP contribution in [0.25, 0.3) is 10.6 Å². The second-order valence-electron chi connectivity index (χ2n) is 8.14. The Morgan fingerprint density at radius 2 is 2.12 bits per heavy atom. The SMILES string of the molecule is O=C1c2c(sc(-c3ccnc(NC4COC4)n3)c2F)C2(COC2)N1Cc1cccc(Cl)c1. The van der Waals surface area contributed by atoms with Crippen LogP contribution >= 0.6 is 22.9 Å². The summed E-state index contributed by atoms with van der Waals surface area (Å²) in [4.78, 5) is 24.8. The molecule has 2 fully saturated rings. The smallest absolute Gasteiger partial charge is 0.259 e. The number of halogens is 2. The van der Waals surface area contributed by atoms with Crippen LogP contribution in [0.2, 0.25) is 5.02 Å². The Morgan fingerprint density at radius 3 is 2.81 bits per heavy atom. The zero-order valence-electron chi connectivity index (χ0n) is 16.8. The Balaban J connectivity index is 1.35. The van der Waals surface area contributed by atoms with Crippen LogP contribution in [0.3, 0.4) is 0 Å². The molecule has 5 heterocycles. The molecule has 10 heteroatoms. The average Bonchev–Trinajstić information content (AvgIpc) is 3.18. The minimum absolute atomic E-state index is 0.121. The van der Waals surface area contributed by atoms with E-state index in [1.807, 2.05) is 18.2 Å². The number of fused-ring (bicyclic) bond motifs is 2. The first-order valence-corrected chi connectivity index (χ1v) is 11.4. The highest BCUT2D eigenvalue weighted by atomic mass is 35.5. The van der Waals surface area contributed by atoms with Crippen molar-refractivity contribution in [1.82, 2.24) is 14.9 Å². The van der Waals surface area contributed by atoms with E-state index in [-0.39, 0.29) is 17.5 Å². The van der Waals surface area contributed by atoms with Gasteiger partial charge in [0.15, 0.2) is 5.82 Å². The fourth-order valence-corrected chi connectivity index (χ4v) is 5.75. The van der Waals surface area contributed by atoms with Crippen molar-refractivity contribution in [2.45, 2.75) is 18.1 Å². The second kappa shape index (κ2) is 7.48. The van der Waals surface area contributed by atoms with Gasteiger partial charge in [-0.1, -0.05) is 23.7 Å². The van der Waals surface area contributed by atoms with Gasteiger partial charge in [0.25, 0.3) is 5.91 Å². The van der Waals surface area contributed by atoms with E-state index in [0.717, 1.165) is 5.56 Å². The molecule has 1 amide bonds. The minimum atomic E-state index is -0.657. The van der Waals surface area contributed by atoms with E-state index in [2.05, 4.69) is 15.3 Å². The standard InChI is InChI=1S/C22H18ClFN4O3S/c23-13-3-1-2-12(6-13)7-28-20(29)16-17(24)18(32-19(16)22(28)10-31-11-22)15-4-5-25-21(27-15)26-14-8-30-9-14/h1-6,14H,7-11H2,(H,25,26,27). The first-order chi connectivity index (χ1) is 15.5. The quantitative estimate of drug-likeness (QED) is 0.610. The molecule has 3 aliphatic heterocycles. The van der Waals surface area contributed by atoms with Gasteiger partial charge in [0.05, 0.1) is 53.5 Å². The van der Waals surface area contributed by atoms with Gasteiger partial charge in [-0.25, -0.2) is 14.4 Å². The van der Waals surface area contributed by atoms with E-state index in [0.29, 0.717) is 59.4 Å². The van der Waals surface area contributed by atoms with Gasteiger partial charge in [0.2, 0.25) is 5.95 Å². The highest BCUT2D eigenvalue weighted by molar-refractivity contribution is 7.16. The maximum atomic E-state index is 15.6. The molecule has 0 saturated carbocycles. The summed E-state index contributed by atoms with van der Waals surface area (Å²) in [6, 6.07) is 9.16. The zero-order chi connectivity index (χ0) is 21.9. The van der Waals surface area contributed by atoms with Crippen molar-refractivity contribution < 1.29 is 18.7 Å². The Kier molecular flexibility index (Phi) is 4.69. The lowest BCUT2D eigenvalue weighted by atomic mass is 9.94. The van der Waals surface area contributed by atoms with E-state index in [4.69, 9.17) is 21.1 Å². The van der Waals surface area contributed by atoms with Crippen LogP contribution < -0.4 is 5.32 Å². The fraction of sp³-hybridized carbons (Fsp3) is 0.318. The highest BCUT2D eigenvalue weighted by Gasteiger charge is 2.57. The van der Waals surface area contributed by atoms with Crippen LogP contribution in [0.5, 0.6) is 0 Å². The number of rotatable bonds is 5. The molecule has 1 N–H and O–H groups in total. The highest BCUT2D eigenvalue weighted by Crippen LogP contribution is 2.52. The number of nitrogens with one attached hydrogen (secondary N) is 1. The molecule has 7 nitrogen and oxygen atoms in total. The summed E-state index contributed by atoms with van der Waals surface area (Å²) >= 11 is 7.38. The van der Waals surface area contributed by atoms with Crippen molar-refractivity contribution in [3.05, 3.63) is 63.4 Å². The number of anilines is 1. The van der Waals surface area contributed by atoms with Gasteiger partial charge in [-0.05, 0) is 23.8 Å². The summed E-state index contributed by atoms with van der Waals surface area (Å²) in [5, 5.41) is 3.77. The molecular weight excluding hydrogens is 455 g/mol. The maximum absolute atomic E-state index is 15.6. The summed E-state index contributed by atoms with van der Waals surface area (Å²) in [5.74, 6) is -0.451. The van der Waals surface area contributed by atoms with Crippen LogP contribution in [0, 0.1) is 5.82 Å². The number of amides is 1. The Hall–Kier alpha value is -2.59. The van der Waals surface area contributed by atoms with Crippen LogP contribution in [-0.4, -0.2) is 53.2 Å². The van der Waals surface area contributed by atoms with Gasteiger partial charge in [-0.2, -0.15) is 0 Å². The molecule has 0 radical (unpaired) electrons. The number of ether oxygens (including phenoxy) is 2. The van der Waals surface area contributed by atoms with Crippen molar-refractivity contribution in [2.75, 3.05) is 31.7 Å². The number of benzene rings is 1. The number of hydrogen-bond acceptors (Lipinski definition) is 7. The summed E-state index contributed by atoms with van der Waals surface area (Å²) in [5.41, 5.74) is 0.801. The Labute approximate surface area is 192 Å². The molecule has 0 atom stereocenters. The summed E-state index contributed by atoms with van der Waals surface area (Å²) < 4.78 is 26.3. The van der Waals surface area contributed by atoms with E-state index < -0.39 is 11.4 Å². The summed E-state index contributed by atoms with van der Waals surface area (Å²) in [6.45, 7) is 2.20. The van der Waals surface area contributed by atoms with E-state index in [1.54, 1.807) is 23.2 Å². The number of aromatic nitrogens is 2. The molecule has 1 spiro atoms. The summed E-state index contributed by atoms with van der Waals surface area (Å²) in [7, 11) is 0. The minimum Gasteiger partial charge on any atom is -0.377 e. The lowest BCUT2D eigenvalue weighted by Crippen LogP contribution is -2.56. The molecule has 0 unspecified atom stereocenters. The molecule has 0 bridgehead atoms. The third-order valence-corrected chi connectivity index (χ3v) is 7.64. The molecule has 3 aromatic rings. The van der Waals surface area contributed by atoms with E-state index in [1.165, 1.54) is 11.3 Å². The summed E-state index contributed by atoms with van der Waals surface area (Å²) in [6.07, 6.45) is 1.59. The normalized spacial score (nSPS) is 19.1. The molecule has 0 aliphatic carbocycles. The molecule has 2 saturated heterocycles. The Bertz CT molecular complexity index is 1230. The van der Waals surface area contributed by atoms with Gasteiger partial charge in [0, 0.05) is 17.8 Å². The topological polar surface area (TPSA) is 76.6 Å². The second-order valence-corrected chi connectivity index (χ2v) is 9.60. The molecule has 3 aliphatic rings. The molecule has 164 valence electrons. The molecule has 32 heavy (non-hydrogen) atoms.